The predicted octanol–water partition coefficient (Wildman–Crippen LogP) is 4.92. The summed E-state index contributed by atoms with van der Waals surface area (Å²) in [6, 6.07) is 10.8. The van der Waals surface area contributed by atoms with Gasteiger partial charge in [0.2, 0.25) is 5.95 Å². The highest BCUT2D eigenvalue weighted by Crippen LogP contribution is 2.35. The maximum absolute atomic E-state index is 13.3. The Morgan fingerprint density at radius 2 is 1.94 bits per heavy atom. The van der Waals surface area contributed by atoms with Gasteiger partial charge in [-0.15, -0.1) is 11.3 Å². The van der Waals surface area contributed by atoms with E-state index in [9.17, 15) is 8.42 Å². The molecule has 3 aromatic rings. The van der Waals surface area contributed by atoms with Crippen molar-refractivity contribution in [1.82, 2.24) is 14.3 Å². The third-order valence-corrected chi connectivity index (χ3v) is 9.26. The third-order valence-electron chi connectivity index (χ3n) is 5.74. The lowest BCUT2D eigenvalue weighted by Crippen LogP contribution is -2.42. The van der Waals surface area contributed by atoms with Crippen molar-refractivity contribution in [3.05, 3.63) is 42.6 Å². The molecule has 3 heterocycles. The van der Waals surface area contributed by atoms with Crippen molar-refractivity contribution in [2.75, 3.05) is 26.1 Å². The van der Waals surface area contributed by atoms with E-state index >= 15 is 0 Å². The largest absolute Gasteiger partial charge is 0.493 e. The van der Waals surface area contributed by atoms with Gasteiger partial charge in [-0.05, 0) is 49.6 Å². The molecule has 1 aliphatic rings. The molecule has 10 heteroatoms. The second-order valence-corrected chi connectivity index (χ2v) is 11.0. The number of ether oxygens (including phenoxy) is 2. The van der Waals surface area contributed by atoms with Crippen LogP contribution in [0.5, 0.6) is 11.5 Å². The van der Waals surface area contributed by atoms with Crippen LogP contribution in [0.1, 0.15) is 32.6 Å². The Morgan fingerprint density at radius 3 is 2.70 bits per heavy atom. The molecule has 1 aromatic carbocycles. The smallest absolute Gasteiger partial charge is 0.252 e. The molecule has 1 saturated heterocycles. The van der Waals surface area contributed by atoms with Gasteiger partial charge in [0, 0.05) is 30.5 Å². The fraction of sp³-hybridized carbons (Fsp3) is 0.391. The van der Waals surface area contributed by atoms with Crippen LogP contribution in [0, 0.1) is 0 Å². The van der Waals surface area contributed by atoms with Gasteiger partial charge >= 0.3 is 0 Å². The summed E-state index contributed by atoms with van der Waals surface area (Å²) in [5, 5.41) is 3.16. The Labute approximate surface area is 198 Å². The van der Waals surface area contributed by atoms with Crippen LogP contribution in [0.3, 0.4) is 0 Å². The average Bonchev–Trinajstić information content (AvgIpc) is 3.35. The Bertz CT molecular complexity index is 1210. The highest BCUT2D eigenvalue weighted by Gasteiger charge is 2.33. The summed E-state index contributed by atoms with van der Waals surface area (Å²) in [5.41, 5.74) is 1.40. The van der Waals surface area contributed by atoms with Gasteiger partial charge in [-0.1, -0.05) is 13.3 Å². The molecule has 176 valence electrons. The molecule has 0 radical (unpaired) electrons. The van der Waals surface area contributed by atoms with Crippen molar-refractivity contribution in [3.8, 4) is 22.1 Å². The number of benzene rings is 1. The zero-order valence-electron chi connectivity index (χ0n) is 18.9. The van der Waals surface area contributed by atoms with Gasteiger partial charge < -0.3 is 14.8 Å². The van der Waals surface area contributed by atoms with Gasteiger partial charge in [0.05, 0.1) is 24.8 Å². The standard InChI is InChI=1S/C23H28N4O4S2/c1-4-17-7-5-6-14-27(17)33(28,29)22-11-10-21(32-22)18-12-13-24-23(26-18)25-16-8-9-19(30-2)20(15-16)31-3/h8-13,15,17H,4-7,14H2,1-3H3,(H,24,25,26). The number of anilines is 2. The number of rotatable bonds is 8. The van der Waals surface area contributed by atoms with Crippen LogP contribution < -0.4 is 14.8 Å². The van der Waals surface area contributed by atoms with Crippen molar-refractivity contribution < 1.29 is 17.9 Å². The molecule has 1 unspecified atom stereocenters. The second kappa shape index (κ2) is 10.1. The number of aromatic nitrogens is 2. The molecule has 8 nitrogen and oxygen atoms in total. The lowest BCUT2D eigenvalue weighted by atomic mass is 10.0. The Hall–Kier alpha value is -2.69. The second-order valence-electron chi connectivity index (χ2n) is 7.75. The van der Waals surface area contributed by atoms with E-state index in [-0.39, 0.29) is 6.04 Å². The number of nitrogens with zero attached hydrogens (tertiary/aromatic N) is 3. The number of nitrogens with one attached hydrogen (secondary N) is 1. The quantitative estimate of drug-likeness (QED) is 0.481. The van der Waals surface area contributed by atoms with E-state index in [1.165, 1.54) is 11.3 Å². The first-order valence-corrected chi connectivity index (χ1v) is 13.2. The molecule has 0 amide bonds. The lowest BCUT2D eigenvalue weighted by molar-refractivity contribution is 0.247. The fourth-order valence-corrected chi connectivity index (χ4v) is 7.18. The van der Waals surface area contributed by atoms with Crippen LogP contribution in [-0.4, -0.2) is 49.5 Å². The summed E-state index contributed by atoms with van der Waals surface area (Å²) in [6.07, 6.45) is 5.39. The van der Waals surface area contributed by atoms with E-state index in [0.29, 0.717) is 33.9 Å². The molecule has 0 saturated carbocycles. The summed E-state index contributed by atoms with van der Waals surface area (Å²) < 4.78 is 39.2. The van der Waals surface area contributed by atoms with E-state index < -0.39 is 10.0 Å². The molecule has 0 spiro atoms. The number of methoxy groups -OCH3 is 2. The first-order chi connectivity index (χ1) is 16.0. The topological polar surface area (TPSA) is 93.7 Å². The van der Waals surface area contributed by atoms with Crippen molar-refractivity contribution in [1.29, 1.82) is 0 Å². The van der Waals surface area contributed by atoms with Gasteiger partial charge in [-0.3, -0.25) is 0 Å². The highest BCUT2D eigenvalue weighted by molar-refractivity contribution is 7.91. The molecule has 1 atom stereocenters. The molecular weight excluding hydrogens is 460 g/mol. The van der Waals surface area contributed by atoms with Gasteiger partial charge in [0.1, 0.15) is 4.21 Å². The average molecular weight is 489 g/mol. The van der Waals surface area contributed by atoms with Crippen LogP contribution in [-0.2, 0) is 10.0 Å². The van der Waals surface area contributed by atoms with Crippen molar-refractivity contribution in [2.45, 2.75) is 42.9 Å². The number of sulfonamides is 1. The molecular formula is C23H28N4O4S2. The third kappa shape index (κ3) is 4.97. The minimum atomic E-state index is -3.52. The highest BCUT2D eigenvalue weighted by atomic mass is 32.2. The SMILES string of the molecule is CCC1CCCCN1S(=O)(=O)c1ccc(-c2ccnc(Nc3ccc(OC)c(OC)c3)n2)s1. The van der Waals surface area contributed by atoms with E-state index in [1.54, 1.807) is 49.0 Å². The molecule has 1 aliphatic heterocycles. The minimum Gasteiger partial charge on any atom is -0.493 e. The Kier molecular flexibility index (Phi) is 7.16. The number of piperidine rings is 1. The van der Waals surface area contributed by atoms with Crippen molar-refractivity contribution in [3.63, 3.8) is 0 Å². The summed E-state index contributed by atoms with van der Waals surface area (Å²) in [7, 11) is -0.355. The normalized spacial score (nSPS) is 17.0. The van der Waals surface area contributed by atoms with Crippen LogP contribution in [0.4, 0.5) is 11.6 Å². The lowest BCUT2D eigenvalue weighted by Gasteiger charge is -2.33. The van der Waals surface area contributed by atoms with E-state index in [2.05, 4.69) is 15.3 Å². The van der Waals surface area contributed by atoms with E-state index in [0.717, 1.165) is 36.2 Å². The molecule has 0 bridgehead atoms. The summed E-state index contributed by atoms with van der Waals surface area (Å²) in [4.78, 5) is 9.65. The first-order valence-electron chi connectivity index (χ1n) is 10.9. The van der Waals surface area contributed by atoms with Gasteiger partial charge in [-0.25, -0.2) is 18.4 Å². The van der Waals surface area contributed by atoms with Crippen LogP contribution in [0.2, 0.25) is 0 Å². The molecule has 4 rings (SSSR count). The number of thiophene rings is 1. The van der Waals surface area contributed by atoms with Crippen LogP contribution >= 0.6 is 11.3 Å². The summed E-state index contributed by atoms with van der Waals surface area (Å²) in [5.74, 6) is 1.62. The van der Waals surface area contributed by atoms with Crippen molar-refractivity contribution in [2.24, 2.45) is 0 Å². The van der Waals surface area contributed by atoms with E-state index in [4.69, 9.17) is 9.47 Å². The zero-order chi connectivity index (χ0) is 23.4. The Balaban J connectivity index is 1.56. The monoisotopic (exact) mass is 488 g/mol. The van der Waals surface area contributed by atoms with Crippen LogP contribution in [0.25, 0.3) is 10.6 Å². The van der Waals surface area contributed by atoms with Crippen molar-refractivity contribution >= 4 is 33.0 Å². The summed E-state index contributed by atoms with van der Waals surface area (Å²) in [6.45, 7) is 2.63. The van der Waals surface area contributed by atoms with Gasteiger partial charge in [-0.2, -0.15) is 4.31 Å². The summed E-state index contributed by atoms with van der Waals surface area (Å²) >= 11 is 1.24. The molecule has 33 heavy (non-hydrogen) atoms. The van der Waals surface area contributed by atoms with Gasteiger partial charge in [0.15, 0.2) is 11.5 Å². The molecule has 1 N–H and O–H groups in total. The zero-order valence-corrected chi connectivity index (χ0v) is 20.6. The van der Waals surface area contributed by atoms with Gasteiger partial charge in [0.25, 0.3) is 10.0 Å². The molecule has 2 aromatic heterocycles. The first kappa shape index (κ1) is 23.5. The van der Waals surface area contributed by atoms with Crippen LogP contribution in [0.15, 0.2) is 46.8 Å². The fourth-order valence-electron chi connectivity index (χ4n) is 4.01. The number of hydrogen-bond donors (Lipinski definition) is 1. The maximum Gasteiger partial charge on any atom is 0.252 e. The molecule has 0 aliphatic carbocycles. The maximum atomic E-state index is 13.3. The minimum absolute atomic E-state index is 0.0747. The Morgan fingerprint density at radius 1 is 1.12 bits per heavy atom. The molecule has 1 fully saturated rings. The predicted molar refractivity (Wildman–Crippen MR) is 130 cm³/mol. The van der Waals surface area contributed by atoms with E-state index in [1.807, 2.05) is 19.1 Å². The number of hydrogen-bond acceptors (Lipinski definition) is 8.